The number of amides is 1. The van der Waals surface area contributed by atoms with Gasteiger partial charge >= 0.3 is 0 Å². The Labute approximate surface area is 135 Å². The summed E-state index contributed by atoms with van der Waals surface area (Å²) in [6, 6.07) is 0. The zero-order valence-electron chi connectivity index (χ0n) is 13.2. The molecule has 118 valence electrons. The zero-order chi connectivity index (χ0) is 15.5. The van der Waals surface area contributed by atoms with Gasteiger partial charge in [-0.15, -0.1) is 11.3 Å². The molecule has 5 nitrogen and oxygen atoms in total. The highest BCUT2D eigenvalue weighted by atomic mass is 32.1. The van der Waals surface area contributed by atoms with Crippen LogP contribution in [0.2, 0.25) is 0 Å². The first-order valence-corrected chi connectivity index (χ1v) is 8.67. The van der Waals surface area contributed by atoms with Crippen molar-refractivity contribution in [2.45, 2.75) is 38.5 Å². The Morgan fingerprint density at radius 2 is 2.36 bits per heavy atom. The number of hydrogen-bond acceptors (Lipinski definition) is 4. The molecule has 0 N–H and O–H groups in total. The van der Waals surface area contributed by atoms with E-state index < -0.39 is 0 Å². The smallest absolute Gasteiger partial charge is 0.222 e. The molecule has 1 unspecified atom stereocenters. The number of hydrogen-bond donors (Lipinski definition) is 0. The van der Waals surface area contributed by atoms with Crippen LogP contribution in [0.4, 0.5) is 0 Å². The van der Waals surface area contributed by atoms with Crippen molar-refractivity contribution in [3.05, 3.63) is 34.0 Å². The van der Waals surface area contributed by atoms with Crippen LogP contribution in [0.25, 0.3) is 0 Å². The number of carbonyl (C=O) groups excluding carboxylic acids is 1. The molecule has 1 amide bonds. The van der Waals surface area contributed by atoms with Gasteiger partial charge in [-0.1, -0.05) is 0 Å². The Morgan fingerprint density at radius 3 is 3.05 bits per heavy atom. The van der Waals surface area contributed by atoms with Crippen LogP contribution in [0.15, 0.2) is 17.8 Å². The number of thiazole rings is 1. The van der Waals surface area contributed by atoms with Crippen molar-refractivity contribution in [3.8, 4) is 0 Å². The second kappa shape index (κ2) is 6.60. The molecule has 0 spiro atoms. The average Bonchev–Trinajstić information content (AvgIpc) is 3.17. The summed E-state index contributed by atoms with van der Waals surface area (Å²) in [5.41, 5.74) is 2.32. The topological polar surface area (TPSA) is 51.0 Å². The molecule has 6 heteroatoms. The van der Waals surface area contributed by atoms with Crippen LogP contribution in [0.1, 0.15) is 41.4 Å². The lowest BCUT2D eigenvalue weighted by Crippen LogP contribution is -2.39. The molecule has 3 rings (SSSR count). The summed E-state index contributed by atoms with van der Waals surface area (Å²) in [7, 11) is 1.93. The lowest BCUT2D eigenvalue weighted by Gasteiger charge is -2.32. The van der Waals surface area contributed by atoms with Gasteiger partial charge in [-0.3, -0.25) is 9.48 Å². The number of aromatic nitrogens is 3. The molecule has 0 bridgehead atoms. The number of carbonyl (C=O) groups is 1. The highest BCUT2D eigenvalue weighted by Gasteiger charge is 2.26. The third kappa shape index (κ3) is 3.21. The maximum atomic E-state index is 12.5. The monoisotopic (exact) mass is 318 g/mol. The van der Waals surface area contributed by atoms with Gasteiger partial charge in [0.15, 0.2) is 0 Å². The molecule has 2 aromatic rings. The Bertz CT molecular complexity index is 635. The Hall–Kier alpha value is -1.69. The predicted molar refractivity (Wildman–Crippen MR) is 86.9 cm³/mol. The summed E-state index contributed by atoms with van der Waals surface area (Å²) in [5, 5.41) is 7.42. The van der Waals surface area contributed by atoms with E-state index in [1.807, 2.05) is 41.3 Å². The summed E-state index contributed by atoms with van der Waals surface area (Å²) in [6.45, 7) is 3.75. The molecule has 1 aliphatic heterocycles. The van der Waals surface area contributed by atoms with Gasteiger partial charge in [-0.05, 0) is 31.7 Å². The fourth-order valence-corrected chi connectivity index (χ4v) is 3.80. The summed E-state index contributed by atoms with van der Waals surface area (Å²) in [6.07, 6.45) is 7.28. The van der Waals surface area contributed by atoms with Crippen LogP contribution >= 0.6 is 11.3 Å². The summed E-state index contributed by atoms with van der Waals surface area (Å²) < 4.78 is 1.86. The lowest BCUT2D eigenvalue weighted by atomic mass is 9.98. The number of aryl methyl sites for hydroxylation is 2. The number of nitrogens with zero attached hydrogens (tertiary/aromatic N) is 4. The normalized spacial score (nSPS) is 18.6. The zero-order valence-corrected chi connectivity index (χ0v) is 14.0. The first kappa shape index (κ1) is 15.2. The molecule has 1 aliphatic rings. The van der Waals surface area contributed by atoms with Crippen LogP contribution in [0, 0.1) is 6.92 Å². The van der Waals surface area contributed by atoms with Crippen LogP contribution in [0.3, 0.4) is 0 Å². The third-order valence-corrected chi connectivity index (χ3v) is 5.46. The van der Waals surface area contributed by atoms with Gasteiger partial charge in [0.05, 0.1) is 11.2 Å². The van der Waals surface area contributed by atoms with E-state index >= 15 is 0 Å². The molecule has 0 aliphatic carbocycles. The van der Waals surface area contributed by atoms with Crippen molar-refractivity contribution in [1.82, 2.24) is 19.7 Å². The molecule has 3 heterocycles. The molecule has 22 heavy (non-hydrogen) atoms. The summed E-state index contributed by atoms with van der Waals surface area (Å²) in [4.78, 5) is 18.9. The van der Waals surface area contributed by atoms with Crippen LogP contribution in [-0.4, -0.2) is 38.7 Å². The van der Waals surface area contributed by atoms with Gasteiger partial charge in [0.25, 0.3) is 0 Å². The van der Waals surface area contributed by atoms with Crippen LogP contribution in [0.5, 0.6) is 0 Å². The average molecular weight is 318 g/mol. The van der Waals surface area contributed by atoms with E-state index in [1.165, 1.54) is 10.6 Å². The SMILES string of the molecule is Cc1c(CCC(=O)N2CCCC(c3nccs3)C2)cnn1C. The van der Waals surface area contributed by atoms with E-state index in [0.29, 0.717) is 12.3 Å². The molecular formula is C16H22N4OS. The Morgan fingerprint density at radius 1 is 1.50 bits per heavy atom. The summed E-state index contributed by atoms with van der Waals surface area (Å²) >= 11 is 1.70. The Kier molecular flexibility index (Phi) is 4.57. The standard InChI is InChI=1S/C16H22N4OS/c1-12-13(10-18-19(12)2)5-6-15(21)20-8-3-4-14(11-20)16-17-7-9-22-16/h7,9-10,14H,3-6,8,11H2,1-2H3. The third-order valence-electron chi connectivity index (χ3n) is 4.52. The van der Waals surface area contributed by atoms with E-state index in [-0.39, 0.29) is 5.91 Å². The molecule has 0 radical (unpaired) electrons. The molecule has 1 fully saturated rings. The minimum absolute atomic E-state index is 0.254. The number of piperidine rings is 1. The fraction of sp³-hybridized carbons (Fsp3) is 0.562. The van der Waals surface area contributed by atoms with Crippen molar-refractivity contribution in [2.75, 3.05) is 13.1 Å². The van der Waals surface area contributed by atoms with Gasteiger partial charge in [0.2, 0.25) is 5.91 Å². The minimum Gasteiger partial charge on any atom is -0.342 e. The lowest BCUT2D eigenvalue weighted by molar-refractivity contribution is -0.132. The second-order valence-corrected chi connectivity index (χ2v) is 6.85. The molecule has 2 aromatic heterocycles. The van der Waals surface area contributed by atoms with Crippen molar-refractivity contribution in [3.63, 3.8) is 0 Å². The number of likely N-dealkylation sites (tertiary alicyclic amines) is 1. The van der Waals surface area contributed by atoms with Gasteiger partial charge in [0, 0.05) is 49.7 Å². The minimum atomic E-state index is 0.254. The van der Waals surface area contributed by atoms with Crippen molar-refractivity contribution in [1.29, 1.82) is 0 Å². The first-order chi connectivity index (χ1) is 10.6. The first-order valence-electron chi connectivity index (χ1n) is 7.80. The summed E-state index contributed by atoms with van der Waals surface area (Å²) in [5.74, 6) is 0.669. The van der Waals surface area contributed by atoms with Crippen molar-refractivity contribution < 1.29 is 4.79 Å². The predicted octanol–water partition coefficient (Wildman–Crippen LogP) is 2.52. The number of rotatable bonds is 4. The molecular weight excluding hydrogens is 296 g/mol. The van der Waals surface area contributed by atoms with Gasteiger partial charge in [0.1, 0.15) is 0 Å². The largest absolute Gasteiger partial charge is 0.342 e. The van der Waals surface area contributed by atoms with Crippen molar-refractivity contribution in [2.24, 2.45) is 7.05 Å². The van der Waals surface area contributed by atoms with Gasteiger partial charge in [-0.25, -0.2) is 4.98 Å². The van der Waals surface area contributed by atoms with Crippen molar-refractivity contribution >= 4 is 17.2 Å². The highest BCUT2D eigenvalue weighted by molar-refractivity contribution is 7.09. The molecule has 0 aromatic carbocycles. The maximum Gasteiger partial charge on any atom is 0.222 e. The molecule has 1 saturated heterocycles. The highest BCUT2D eigenvalue weighted by Crippen LogP contribution is 2.28. The second-order valence-electron chi connectivity index (χ2n) is 5.93. The van der Waals surface area contributed by atoms with E-state index in [1.54, 1.807) is 11.3 Å². The fourth-order valence-electron chi connectivity index (χ4n) is 3.03. The van der Waals surface area contributed by atoms with E-state index in [0.717, 1.165) is 38.0 Å². The molecule has 1 atom stereocenters. The maximum absolute atomic E-state index is 12.5. The Balaban J connectivity index is 1.56. The van der Waals surface area contributed by atoms with E-state index in [9.17, 15) is 4.79 Å². The van der Waals surface area contributed by atoms with E-state index in [4.69, 9.17) is 0 Å². The van der Waals surface area contributed by atoms with Crippen LogP contribution in [-0.2, 0) is 18.3 Å². The van der Waals surface area contributed by atoms with Crippen LogP contribution < -0.4 is 0 Å². The van der Waals surface area contributed by atoms with Gasteiger partial charge in [-0.2, -0.15) is 5.10 Å². The quantitative estimate of drug-likeness (QED) is 0.870. The molecule has 0 saturated carbocycles. The van der Waals surface area contributed by atoms with Gasteiger partial charge < -0.3 is 4.90 Å². The van der Waals surface area contributed by atoms with E-state index in [2.05, 4.69) is 10.1 Å².